The summed E-state index contributed by atoms with van der Waals surface area (Å²) in [4.78, 5) is 11.8. The first-order chi connectivity index (χ1) is 9.95. The van der Waals surface area contributed by atoms with Gasteiger partial charge in [0.25, 0.3) is 0 Å². The lowest BCUT2D eigenvalue weighted by Gasteiger charge is -2.59. The maximum Gasteiger partial charge on any atom is 0.220 e. The molecule has 0 bridgehead atoms. The van der Waals surface area contributed by atoms with Crippen LogP contribution < -0.4 is 5.32 Å². The Hall–Kier alpha value is -0.0600. The van der Waals surface area contributed by atoms with E-state index in [0.717, 1.165) is 30.6 Å². The van der Waals surface area contributed by atoms with Gasteiger partial charge in [-0.3, -0.25) is 4.79 Å². The average molecular weight is 399 g/mol. The molecule has 4 aliphatic rings. The molecule has 1 heterocycles. The molecule has 3 heteroatoms. The molecule has 6 atom stereocenters. The Morgan fingerprint density at radius 1 is 1.19 bits per heavy atom. The smallest absolute Gasteiger partial charge is 0.220 e. The summed E-state index contributed by atoms with van der Waals surface area (Å²) in [5, 5.41) is 3.32. The van der Waals surface area contributed by atoms with Crippen molar-refractivity contribution >= 4 is 28.5 Å². The number of allylic oxidation sites excluding steroid dienone is 2. The van der Waals surface area contributed by atoms with Crippen LogP contribution in [-0.4, -0.2) is 11.9 Å². The number of nitrogens with one attached hydrogen (secondary N) is 1. The summed E-state index contributed by atoms with van der Waals surface area (Å²) >= 11 is 2.59. The van der Waals surface area contributed by atoms with Crippen LogP contribution in [0, 0.1) is 28.6 Å². The number of carbonyl (C=O) groups excluding carboxylic acids is 1. The maximum atomic E-state index is 11.8. The Bertz CT molecular complexity index is 515. The zero-order valence-electron chi connectivity index (χ0n) is 13.1. The van der Waals surface area contributed by atoms with Crippen LogP contribution in [0.25, 0.3) is 0 Å². The van der Waals surface area contributed by atoms with Crippen LogP contribution in [0.1, 0.15) is 58.8 Å². The lowest BCUT2D eigenvalue weighted by molar-refractivity contribution is -0.134. The van der Waals surface area contributed by atoms with Gasteiger partial charge in [-0.15, -0.1) is 0 Å². The number of halogens is 1. The van der Waals surface area contributed by atoms with Crippen molar-refractivity contribution in [2.75, 3.05) is 0 Å². The molecule has 1 N–H and O–H groups in total. The average Bonchev–Trinajstić information content (AvgIpc) is 2.76. The SMILES string of the molecule is C[C@]12CCC(=O)N[C@@H]1CC[C@@H]1[C@@H]2CC[C@]2(C)C(I)=CC[C@@H]12. The molecule has 4 rings (SSSR count). The predicted octanol–water partition coefficient (Wildman–Crippen LogP) is 4.44. The summed E-state index contributed by atoms with van der Waals surface area (Å²) in [6, 6.07) is 0.442. The highest BCUT2D eigenvalue weighted by Crippen LogP contribution is 2.64. The van der Waals surface area contributed by atoms with Crippen molar-refractivity contribution in [3.8, 4) is 0 Å². The third-order valence-electron chi connectivity index (χ3n) is 7.58. The van der Waals surface area contributed by atoms with Crippen LogP contribution in [0.3, 0.4) is 0 Å². The molecule has 0 spiro atoms. The highest BCUT2D eigenvalue weighted by atomic mass is 127. The highest BCUT2D eigenvalue weighted by molar-refractivity contribution is 14.1. The van der Waals surface area contributed by atoms with Crippen LogP contribution in [-0.2, 0) is 4.79 Å². The molecule has 3 aliphatic carbocycles. The van der Waals surface area contributed by atoms with E-state index in [4.69, 9.17) is 0 Å². The van der Waals surface area contributed by atoms with Gasteiger partial charge in [0.2, 0.25) is 5.91 Å². The van der Waals surface area contributed by atoms with E-state index in [1.165, 1.54) is 32.1 Å². The molecule has 21 heavy (non-hydrogen) atoms. The second kappa shape index (κ2) is 4.72. The van der Waals surface area contributed by atoms with Gasteiger partial charge in [0.15, 0.2) is 0 Å². The minimum Gasteiger partial charge on any atom is -0.353 e. The number of amides is 1. The minimum atomic E-state index is 0.286. The van der Waals surface area contributed by atoms with Crippen LogP contribution in [0.4, 0.5) is 0 Å². The predicted molar refractivity (Wildman–Crippen MR) is 93.0 cm³/mol. The summed E-state index contributed by atoms with van der Waals surface area (Å²) in [6.45, 7) is 4.99. The first-order valence-corrected chi connectivity index (χ1v) is 9.68. The van der Waals surface area contributed by atoms with Gasteiger partial charge in [0.05, 0.1) is 0 Å². The summed E-state index contributed by atoms with van der Waals surface area (Å²) in [6.07, 6.45) is 10.9. The molecule has 1 amide bonds. The molecule has 3 fully saturated rings. The van der Waals surface area contributed by atoms with Crippen LogP contribution in [0.2, 0.25) is 0 Å². The summed E-state index contributed by atoms with van der Waals surface area (Å²) in [7, 11) is 0. The third kappa shape index (κ3) is 1.91. The zero-order chi connectivity index (χ0) is 14.8. The van der Waals surface area contributed by atoms with Crippen LogP contribution >= 0.6 is 22.6 Å². The van der Waals surface area contributed by atoms with Crippen molar-refractivity contribution in [3.63, 3.8) is 0 Å². The topological polar surface area (TPSA) is 29.1 Å². The fourth-order valence-corrected chi connectivity index (χ4v) is 7.14. The lowest BCUT2D eigenvalue weighted by atomic mass is 9.48. The van der Waals surface area contributed by atoms with Crippen molar-refractivity contribution in [3.05, 3.63) is 9.66 Å². The van der Waals surface area contributed by atoms with E-state index in [1.807, 2.05) is 0 Å². The van der Waals surface area contributed by atoms with E-state index in [9.17, 15) is 4.79 Å². The molecule has 0 aromatic rings. The van der Waals surface area contributed by atoms with Gasteiger partial charge < -0.3 is 5.32 Å². The zero-order valence-corrected chi connectivity index (χ0v) is 15.3. The molecule has 0 unspecified atom stereocenters. The standard InChI is InChI=1S/C18H26INO/c1-17-9-7-13-11(12(17)4-5-14(17)19)3-6-15-18(13,2)10-8-16(21)20-15/h5,11-13,15H,3-4,6-10H2,1-2H3,(H,20,21)/t11-,12-,13-,15+,17-,18+/m0/s1. The fourth-order valence-electron chi connectivity index (χ4n) is 6.22. The van der Waals surface area contributed by atoms with Crippen molar-refractivity contribution < 1.29 is 4.79 Å². The molecule has 0 radical (unpaired) electrons. The molecule has 0 aromatic carbocycles. The van der Waals surface area contributed by atoms with Gasteiger partial charge in [0.1, 0.15) is 0 Å². The number of carbonyl (C=O) groups is 1. The van der Waals surface area contributed by atoms with E-state index in [1.54, 1.807) is 3.58 Å². The maximum absolute atomic E-state index is 11.8. The summed E-state index contributed by atoms with van der Waals surface area (Å²) < 4.78 is 1.62. The number of rotatable bonds is 0. The lowest BCUT2D eigenvalue weighted by Crippen LogP contribution is -2.60. The normalized spacial score (nSPS) is 52.3. The molecular weight excluding hydrogens is 373 g/mol. The quantitative estimate of drug-likeness (QED) is 0.600. The molecular formula is C18H26INO. The first kappa shape index (κ1) is 14.5. The van der Waals surface area contributed by atoms with Crippen molar-refractivity contribution in [2.24, 2.45) is 28.6 Å². The van der Waals surface area contributed by atoms with E-state index < -0.39 is 0 Å². The van der Waals surface area contributed by atoms with E-state index >= 15 is 0 Å². The molecule has 1 aliphatic heterocycles. The van der Waals surface area contributed by atoms with Crippen LogP contribution in [0.5, 0.6) is 0 Å². The van der Waals surface area contributed by atoms with E-state index in [2.05, 4.69) is 47.8 Å². The van der Waals surface area contributed by atoms with Crippen molar-refractivity contribution in [1.29, 1.82) is 0 Å². The molecule has 2 saturated carbocycles. The fraction of sp³-hybridized carbons (Fsp3) is 0.833. The largest absolute Gasteiger partial charge is 0.353 e. The third-order valence-corrected chi connectivity index (χ3v) is 9.25. The van der Waals surface area contributed by atoms with Crippen molar-refractivity contribution in [2.45, 2.75) is 64.8 Å². The molecule has 0 aromatic heterocycles. The van der Waals surface area contributed by atoms with Gasteiger partial charge >= 0.3 is 0 Å². The minimum absolute atomic E-state index is 0.286. The van der Waals surface area contributed by atoms with E-state index in [0.29, 0.717) is 16.9 Å². The number of hydrogen-bond donors (Lipinski definition) is 1. The molecule has 2 nitrogen and oxygen atoms in total. The van der Waals surface area contributed by atoms with Gasteiger partial charge in [0, 0.05) is 17.9 Å². The van der Waals surface area contributed by atoms with E-state index in [-0.39, 0.29) is 5.91 Å². The Kier molecular flexibility index (Phi) is 3.26. The highest BCUT2D eigenvalue weighted by Gasteiger charge is 2.58. The second-order valence-electron chi connectivity index (χ2n) is 8.32. The summed E-state index contributed by atoms with van der Waals surface area (Å²) in [5.74, 6) is 2.85. The molecule has 116 valence electrons. The summed E-state index contributed by atoms with van der Waals surface area (Å²) in [5.41, 5.74) is 0.815. The monoisotopic (exact) mass is 399 g/mol. The van der Waals surface area contributed by atoms with Gasteiger partial charge in [-0.2, -0.15) is 0 Å². The first-order valence-electron chi connectivity index (χ1n) is 8.61. The Morgan fingerprint density at radius 2 is 2.00 bits per heavy atom. The Balaban J connectivity index is 1.64. The van der Waals surface area contributed by atoms with Crippen molar-refractivity contribution in [1.82, 2.24) is 5.32 Å². The number of hydrogen-bond acceptors (Lipinski definition) is 1. The molecule has 1 saturated heterocycles. The van der Waals surface area contributed by atoms with Gasteiger partial charge in [-0.25, -0.2) is 0 Å². The number of fused-ring (bicyclic) bond motifs is 5. The van der Waals surface area contributed by atoms with Crippen LogP contribution in [0.15, 0.2) is 9.66 Å². The Morgan fingerprint density at radius 3 is 2.81 bits per heavy atom. The Labute approximate surface area is 141 Å². The second-order valence-corrected chi connectivity index (χ2v) is 9.49. The van der Waals surface area contributed by atoms with Gasteiger partial charge in [-0.05, 0) is 87.9 Å². The number of piperidine rings is 1. The van der Waals surface area contributed by atoms with Gasteiger partial charge in [-0.1, -0.05) is 19.9 Å².